The predicted octanol–water partition coefficient (Wildman–Crippen LogP) is 19.3. The van der Waals surface area contributed by atoms with Crippen LogP contribution < -0.4 is 9.80 Å². The lowest BCUT2D eigenvalue weighted by Crippen LogP contribution is -2.10. The van der Waals surface area contributed by atoms with Gasteiger partial charge < -0.3 is 9.80 Å². The molecule has 0 fully saturated rings. The van der Waals surface area contributed by atoms with Gasteiger partial charge in [0.25, 0.3) is 0 Å². The summed E-state index contributed by atoms with van der Waals surface area (Å²) < 4.78 is 0. The molecule has 10 aromatic rings. The Morgan fingerprint density at radius 1 is 0.216 bits per heavy atom. The van der Waals surface area contributed by atoms with E-state index in [-0.39, 0.29) is 0 Å². The molecule has 0 heterocycles. The molecule has 354 valence electrons. The number of rotatable bonds is 17. The minimum atomic E-state index is 1.06. The van der Waals surface area contributed by atoms with Crippen LogP contribution in [-0.2, 0) is 0 Å². The largest absolute Gasteiger partial charge is 0.317 e. The Morgan fingerprint density at radius 2 is 0.432 bits per heavy atom. The van der Waals surface area contributed by atoms with Crippen molar-refractivity contribution < 1.29 is 0 Å². The van der Waals surface area contributed by atoms with Gasteiger partial charge in [0.2, 0.25) is 0 Å². The summed E-state index contributed by atoms with van der Waals surface area (Å²) in [5.74, 6) is 0. The van der Waals surface area contributed by atoms with Crippen molar-refractivity contribution in [3.63, 3.8) is 0 Å². The molecule has 0 radical (unpaired) electrons. The van der Waals surface area contributed by atoms with Crippen LogP contribution in [0.25, 0.3) is 46.6 Å². The van der Waals surface area contributed by atoms with Gasteiger partial charge in [0, 0.05) is 46.3 Å². The zero-order valence-electron chi connectivity index (χ0n) is 41.2. The third-order valence-corrected chi connectivity index (χ3v) is 12.8. The summed E-state index contributed by atoms with van der Waals surface area (Å²) in [4.78, 5) is 4.60. The van der Waals surface area contributed by atoms with Crippen LogP contribution in [0.1, 0.15) is 44.5 Å². The van der Waals surface area contributed by atoms with Crippen molar-refractivity contribution >= 4 is 58.2 Å². The molecule has 0 aliphatic carbocycles. The highest BCUT2D eigenvalue weighted by Crippen LogP contribution is 2.36. The Bertz CT molecular complexity index is 3180. The fourth-order valence-electron chi connectivity index (χ4n) is 8.87. The van der Waals surface area contributed by atoms with Crippen LogP contribution in [0, 0.1) is 0 Å². The minimum Gasteiger partial charge on any atom is -0.317 e. The van der Waals surface area contributed by atoms with Gasteiger partial charge in [-0.15, -0.1) is 0 Å². The molecule has 2 nitrogen and oxygen atoms in total. The zero-order valence-corrected chi connectivity index (χ0v) is 41.2. The van der Waals surface area contributed by atoms with E-state index in [1.165, 1.54) is 11.1 Å². The normalized spacial score (nSPS) is 11.3. The zero-order chi connectivity index (χ0) is 50.0. The summed E-state index contributed by atoms with van der Waals surface area (Å²) in [6.45, 7) is 0. The van der Waals surface area contributed by atoms with Crippen molar-refractivity contribution in [2.75, 3.05) is 9.80 Å². The Labute approximate surface area is 437 Å². The SMILES string of the molecule is C(=C(c1ccccc1)c1ccccc1)N(c1ccc(/C=C/C=C/c2ccccc2)cc1)c1ccc(-c2ccc(N(C=C(c3ccccc3)c3ccccc3)c3ccc(/C=C/C=C/c4ccccc4)cc3)cc2)cc1. The van der Waals surface area contributed by atoms with E-state index in [0.717, 1.165) is 78.4 Å². The Morgan fingerprint density at radius 3 is 0.689 bits per heavy atom. The van der Waals surface area contributed by atoms with Crippen LogP contribution in [0.3, 0.4) is 0 Å². The quantitative estimate of drug-likeness (QED) is 0.0839. The number of allylic oxidation sites excluding steroid dienone is 4. The predicted molar refractivity (Wildman–Crippen MR) is 318 cm³/mol. The molecule has 10 rings (SSSR count). The van der Waals surface area contributed by atoms with Gasteiger partial charge >= 0.3 is 0 Å². The highest BCUT2D eigenvalue weighted by molar-refractivity contribution is 5.86. The number of hydrogen-bond acceptors (Lipinski definition) is 2. The maximum absolute atomic E-state index is 2.30. The molecule has 0 aliphatic rings. The molecule has 2 heteroatoms. The molecule has 0 N–H and O–H groups in total. The number of hydrogen-bond donors (Lipinski definition) is 0. The van der Waals surface area contributed by atoms with Gasteiger partial charge in [-0.1, -0.05) is 279 Å². The van der Waals surface area contributed by atoms with Gasteiger partial charge in [-0.3, -0.25) is 0 Å². The van der Waals surface area contributed by atoms with Crippen molar-refractivity contribution in [1.29, 1.82) is 0 Å². The number of nitrogens with zero attached hydrogens (tertiary/aromatic N) is 2. The molecule has 0 atom stereocenters. The van der Waals surface area contributed by atoms with Crippen LogP contribution in [0.15, 0.2) is 316 Å². The average molecular weight is 949 g/mol. The Kier molecular flexibility index (Phi) is 15.8. The summed E-state index contributed by atoms with van der Waals surface area (Å²) in [5, 5.41) is 0. The van der Waals surface area contributed by atoms with E-state index in [9.17, 15) is 0 Å². The first-order valence-electron chi connectivity index (χ1n) is 25.1. The minimum absolute atomic E-state index is 1.06. The van der Waals surface area contributed by atoms with Crippen molar-refractivity contribution in [2.24, 2.45) is 0 Å². The molecule has 0 aromatic heterocycles. The maximum atomic E-state index is 2.30. The van der Waals surface area contributed by atoms with E-state index < -0.39 is 0 Å². The fraction of sp³-hybridized carbons (Fsp3) is 0. The first-order valence-corrected chi connectivity index (χ1v) is 25.1. The topological polar surface area (TPSA) is 6.48 Å². The molecule has 0 spiro atoms. The van der Waals surface area contributed by atoms with E-state index in [2.05, 4.69) is 338 Å². The monoisotopic (exact) mass is 948 g/mol. The standard InChI is InChI=1S/C72H56N2/c1-7-23-57(24-8-1)27-19-21-29-59-39-47-67(48-40-59)73(55-71(63-31-11-3-12-32-63)64-33-13-4-14-34-64)69-51-43-61(44-52-69)62-45-53-70(54-46-62)74(56-72(65-35-15-5-16-36-65)66-37-17-6-18-38-66)68-49-41-60(42-50-68)30-22-20-28-58-25-9-2-10-26-58/h1-56H/b27-19+,28-20+,29-21+,30-22+. The summed E-state index contributed by atoms with van der Waals surface area (Å²) in [6.07, 6.45) is 21.4. The molecular formula is C72H56N2. The third kappa shape index (κ3) is 12.6. The first kappa shape index (κ1) is 47.9. The van der Waals surface area contributed by atoms with E-state index in [4.69, 9.17) is 0 Å². The van der Waals surface area contributed by atoms with Crippen LogP contribution in [0.2, 0.25) is 0 Å². The van der Waals surface area contributed by atoms with Crippen LogP contribution in [0.5, 0.6) is 0 Å². The summed E-state index contributed by atoms with van der Waals surface area (Å²) in [6, 6.07) is 98.7. The highest BCUT2D eigenvalue weighted by Gasteiger charge is 2.15. The van der Waals surface area contributed by atoms with Gasteiger partial charge in [0.1, 0.15) is 0 Å². The lowest BCUT2D eigenvalue weighted by atomic mass is 9.98. The lowest BCUT2D eigenvalue weighted by Gasteiger charge is -2.24. The Hall–Kier alpha value is -9.76. The summed E-state index contributed by atoms with van der Waals surface area (Å²) in [5.41, 5.74) is 18.0. The molecule has 0 saturated heterocycles. The van der Waals surface area contributed by atoms with Gasteiger partial charge in [0.15, 0.2) is 0 Å². The lowest BCUT2D eigenvalue weighted by molar-refractivity contribution is 1.27. The molecule has 0 bridgehead atoms. The number of anilines is 4. The van der Waals surface area contributed by atoms with Crippen LogP contribution in [-0.4, -0.2) is 0 Å². The van der Waals surface area contributed by atoms with E-state index in [1.54, 1.807) is 0 Å². The van der Waals surface area contributed by atoms with E-state index in [0.29, 0.717) is 0 Å². The van der Waals surface area contributed by atoms with Crippen molar-refractivity contribution in [1.82, 2.24) is 0 Å². The van der Waals surface area contributed by atoms with E-state index >= 15 is 0 Å². The molecule has 10 aromatic carbocycles. The molecule has 0 aliphatic heterocycles. The molecule has 0 unspecified atom stereocenters. The van der Waals surface area contributed by atoms with Crippen LogP contribution >= 0.6 is 0 Å². The molecule has 0 amide bonds. The van der Waals surface area contributed by atoms with E-state index in [1.807, 2.05) is 12.1 Å². The fourth-order valence-corrected chi connectivity index (χ4v) is 8.87. The van der Waals surface area contributed by atoms with Crippen LogP contribution in [0.4, 0.5) is 22.7 Å². The second kappa shape index (κ2) is 24.4. The second-order valence-electron chi connectivity index (χ2n) is 17.8. The summed E-state index contributed by atoms with van der Waals surface area (Å²) in [7, 11) is 0. The van der Waals surface area contributed by atoms with Gasteiger partial charge in [-0.25, -0.2) is 0 Å². The first-order chi connectivity index (χ1) is 36.7. The molecule has 74 heavy (non-hydrogen) atoms. The van der Waals surface area contributed by atoms with Gasteiger partial charge in [0.05, 0.1) is 0 Å². The smallest absolute Gasteiger partial charge is 0.0456 e. The third-order valence-electron chi connectivity index (χ3n) is 12.8. The Balaban J connectivity index is 0.968. The highest BCUT2D eigenvalue weighted by atomic mass is 15.1. The summed E-state index contributed by atoms with van der Waals surface area (Å²) >= 11 is 0. The van der Waals surface area contributed by atoms with Gasteiger partial charge in [-0.2, -0.15) is 0 Å². The molecular weight excluding hydrogens is 893 g/mol. The van der Waals surface area contributed by atoms with Crippen molar-refractivity contribution in [2.45, 2.75) is 0 Å². The maximum Gasteiger partial charge on any atom is 0.0456 e. The second-order valence-corrected chi connectivity index (χ2v) is 17.8. The number of benzene rings is 10. The average Bonchev–Trinajstić information content (AvgIpc) is 3.48. The van der Waals surface area contributed by atoms with Gasteiger partial charge in [-0.05, 0) is 104 Å². The molecule has 0 saturated carbocycles. The van der Waals surface area contributed by atoms with Crippen molar-refractivity contribution in [3.8, 4) is 11.1 Å². The van der Waals surface area contributed by atoms with Crippen molar-refractivity contribution in [3.05, 3.63) is 360 Å².